The van der Waals surface area contributed by atoms with Crippen LogP contribution in [0, 0.1) is 0 Å². The first-order valence-electron chi connectivity index (χ1n) is 3.12. The summed E-state index contributed by atoms with van der Waals surface area (Å²) >= 11 is 0. The van der Waals surface area contributed by atoms with Crippen molar-refractivity contribution >= 4 is 17.9 Å². The number of aromatic carboxylic acids is 2. The minimum atomic E-state index is -1.35. The van der Waals surface area contributed by atoms with E-state index >= 15 is 0 Å². The molecule has 0 unspecified atom stereocenters. The van der Waals surface area contributed by atoms with Crippen molar-refractivity contribution in [3.05, 3.63) is 17.5 Å². The highest BCUT2D eigenvalue weighted by Crippen LogP contribution is 2.02. The Bertz CT molecular complexity index is 344. The van der Waals surface area contributed by atoms with E-state index in [0.29, 0.717) is 0 Å². The Labute approximate surface area is 71.9 Å². The minimum Gasteiger partial charge on any atom is -0.477 e. The minimum absolute atomic E-state index is 0.377. The third-order valence-electron chi connectivity index (χ3n) is 1.18. The average Bonchev–Trinajstić information content (AvgIpc) is 2.03. The SMILES string of the molecule is Nc1nc(C(=O)O)cc(C(=O)O)n1. The van der Waals surface area contributed by atoms with Gasteiger partial charge in [-0.3, -0.25) is 0 Å². The number of aromatic nitrogens is 2. The molecule has 0 bridgehead atoms. The quantitative estimate of drug-likeness (QED) is 0.561. The second-order valence-electron chi connectivity index (χ2n) is 2.11. The highest BCUT2D eigenvalue weighted by molar-refractivity contribution is 5.91. The number of rotatable bonds is 2. The van der Waals surface area contributed by atoms with E-state index in [1.807, 2.05) is 0 Å². The van der Waals surface area contributed by atoms with Gasteiger partial charge in [0.25, 0.3) is 0 Å². The van der Waals surface area contributed by atoms with Crippen molar-refractivity contribution in [2.24, 2.45) is 0 Å². The van der Waals surface area contributed by atoms with Gasteiger partial charge in [0.15, 0.2) is 11.4 Å². The first kappa shape index (κ1) is 8.91. The van der Waals surface area contributed by atoms with Crippen LogP contribution >= 0.6 is 0 Å². The second kappa shape index (κ2) is 3.05. The molecule has 7 nitrogen and oxygen atoms in total. The maximum atomic E-state index is 10.4. The van der Waals surface area contributed by atoms with E-state index in [2.05, 4.69) is 9.97 Å². The van der Waals surface area contributed by atoms with Gasteiger partial charge in [-0.25, -0.2) is 19.6 Å². The van der Waals surface area contributed by atoms with Crippen LogP contribution in [-0.2, 0) is 0 Å². The first-order chi connectivity index (χ1) is 6.00. The van der Waals surface area contributed by atoms with Gasteiger partial charge in [-0.05, 0) is 0 Å². The van der Waals surface area contributed by atoms with Gasteiger partial charge in [0, 0.05) is 6.07 Å². The summed E-state index contributed by atoms with van der Waals surface area (Å²) in [7, 11) is 0. The van der Waals surface area contributed by atoms with Crippen LogP contribution in [0.15, 0.2) is 6.07 Å². The van der Waals surface area contributed by atoms with Gasteiger partial charge in [-0.2, -0.15) is 0 Å². The van der Waals surface area contributed by atoms with E-state index in [4.69, 9.17) is 15.9 Å². The summed E-state index contributed by atoms with van der Waals surface area (Å²) in [5, 5.41) is 17.0. The number of nitrogen functional groups attached to an aromatic ring is 1. The molecule has 1 aromatic heterocycles. The monoisotopic (exact) mass is 183 g/mol. The molecule has 0 aromatic carbocycles. The predicted octanol–water partition coefficient (Wildman–Crippen LogP) is -0.545. The molecule has 0 aliphatic heterocycles. The summed E-state index contributed by atoms with van der Waals surface area (Å²) in [6.07, 6.45) is 0. The van der Waals surface area contributed by atoms with Crippen molar-refractivity contribution < 1.29 is 19.8 Å². The van der Waals surface area contributed by atoms with Crippen LogP contribution < -0.4 is 5.73 Å². The second-order valence-corrected chi connectivity index (χ2v) is 2.11. The molecule has 0 amide bonds. The van der Waals surface area contributed by atoms with Crippen LogP contribution in [0.2, 0.25) is 0 Å². The molecule has 0 spiro atoms. The molecule has 0 atom stereocenters. The zero-order chi connectivity index (χ0) is 10.0. The van der Waals surface area contributed by atoms with Crippen LogP contribution in [-0.4, -0.2) is 32.1 Å². The molecule has 0 radical (unpaired) electrons. The summed E-state index contributed by atoms with van der Waals surface area (Å²) in [4.78, 5) is 27.4. The Morgan fingerprint density at radius 1 is 1.15 bits per heavy atom. The summed E-state index contributed by atoms with van der Waals surface area (Å²) in [6.45, 7) is 0. The lowest BCUT2D eigenvalue weighted by Gasteiger charge is -1.97. The summed E-state index contributed by atoms with van der Waals surface area (Å²) in [5.74, 6) is -3.08. The number of carboxylic acids is 2. The molecular weight excluding hydrogens is 178 g/mol. The van der Waals surface area contributed by atoms with Gasteiger partial charge < -0.3 is 15.9 Å². The van der Waals surface area contributed by atoms with Crippen molar-refractivity contribution in [2.75, 3.05) is 5.73 Å². The number of carbonyl (C=O) groups is 2. The van der Waals surface area contributed by atoms with Crippen LogP contribution in [0.3, 0.4) is 0 Å². The lowest BCUT2D eigenvalue weighted by molar-refractivity contribution is 0.0689. The Kier molecular flexibility index (Phi) is 2.09. The van der Waals surface area contributed by atoms with Crippen LogP contribution in [0.5, 0.6) is 0 Å². The lowest BCUT2D eigenvalue weighted by Crippen LogP contribution is -2.10. The smallest absolute Gasteiger partial charge is 0.354 e. The van der Waals surface area contributed by atoms with Crippen molar-refractivity contribution in [3.8, 4) is 0 Å². The van der Waals surface area contributed by atoms with Crippen molar-refractivity contribution in [1.29, 1.82) is 0 Å². The molecular formula is C6H5N3O4. The normalized spacial score (nSPS) is 9.54. The molecule has 1 heterocycles. The van der Waals surface area contributed by atoms with E-state index in [9.17, 15) is 9.59 Å². The number of nitrogens with zero attached hydrogens (tertiary/aromatic N) is 2. The molecule has 0 saturated heterocycles. The largest absolute Gasteiger partial charge is 0.477 e. The standard InChI is InChI=1S/C6H5N3O4/c7-6-8-2(4(10)11)1-3(9-6)5(12)13/h1H,(H,10,11)(H,12,13)(H2,7,8,9). The molecule has 0 saturated carbocycles. The number of hydrogen-bond donors (Lipinski definition) is 3. The van der Waals surface area contributed by atoms with Gasteiger partial charge >= 0.3 is 11.9 Å². The topological polar surface area (TPSA) is 126 Å². The van der Waals surface area contributed by atoms with E-state index < -0.39 is 23.3 Å². The molecule has 7 heteroatoms. The number of nitrogens with two attached hydrogens (primary N) is 1. The summed E-state index contributed by atoms with van der Waals surface area (Å²) in [5.41, 5.74) is 4.21. The van der Waals surface area contributed by atoms with Crippen LogP contribution in [0.4, 0.5) is 5.95 Å². The number of hydrogen-bond acceptors (Lipinski definition) is 5. The third kappa shape index (κ3) is 1.89. The van der Waals surface area contributed by atoms with Crippen molar-refractivity contribution in [1.82, 2.24) is 9.97 Å². The van der Waals surface area contributed by atoms with E-state index in [-0.39, 0.29) is 5.95 Å². The highest BCUT2D eigenvalue weighted by atomic mass is 16.4. The predicted molar refractivity (Wildman–Crippen MR) is 40.4 cm³/mol. The Hall–Kier alpha value is -2.18. The van der Waals surface area contributed by atoms with Crippen molar-refractivity contribution in [3.63, 3.8) is 0 Å². The summed E-state index contributed by atoms with van der Waals surface area (Å²) < 4.78 is 0. The zero-order valence-corrected chi connectivity index (χ0v) is 6.26. The van der Waals surface area contributed by atoms with Gasteiger partial charge in [0.05, 0.1) is 0 Å². The Morgan fingerprint density at radius 3 is 1.85 bits per heavy atom. The Balaban J connectivity index is 3.26. The van der Waals surface area contributed by atoms with Crippen molar-refractivity contribution in [2.45, 2.75) is 0 Å². The molecule has 1 rings (SSSR count). The molecule has 1 aromatic rings. The molecule has 0 aliphatic carbocycles. The number of anilines is 1. The molecule has 68 valence electrons. The highest BCUT2D eigenvalue weighted by Gasteiger charge is 2.12. The van der Waals surface area contributed by atoms with Gasteiger partial charge in [-0.15, -0.1) is 0 Å². The average molecular weight is 183 g/mol. The number of carboxylic acid groups (broad SMARTS) is 2. The van der Waals surface area contributed by atoms with Gasteiger partial charge in [-0.1, -0.05) is 0 Å². The third-order valence-corrected chi connectivity index (χ3v) is 1.18. The maximum Gasteiger partial charge on any atom is 0.354 e. The molecule has 0 fully saturated rings. The Morgan fingerprint density at radius 2 is 1.54 bits per heavy atom. The van der Waals surface area contributed by atoms with E-state index in [1.165, 1.54) is 0 Å². The fourth-order valence-corrected chi connectivity index (χ4v) is 0.685. The summed E-state index contributed by atoms with van der Waals surface area (Å²) in [6, 6.07) is 0.834. The van der Waals surface area contributed by atoms with Crippen LogP contribution in [0.25, 0.3) is 0 Å². The zero-order valence-electron chi connectivity index (χ0n) is 6.26. The molecule has 0 aliphatic rings. The molecule has 13 heavy (non-hydrogen) atoms. The van der Waals surface area contributed by atoms with E-state index in [0.717, 1.165) is 6.07 Å². The van der Waals surface area contributed by atoms with Gasteiger partial charge in [0.2, 0.25) is 5.95 Å². The maximum absolute atomic E-state index is 10.4. The lowest BCUT2D eigenvalue weighted by atomic mass is 10.3. The van der Waals surface area contributed by atoms with Crippen LogP contribution in [0.1, 0.15) is 21.0 Å². The first-order valence-corrected chi connectivity index (χ1v) is 3.12. The molecule has 4 N–H and O–H groups in total. The fourth-order valence-electron chi connectivity index (χ4n) is 0.685. The van der Waals surface area contributed by atoms with E-state index in [1.54, 1.807) is 0 Å². The van der Waals surface area contributed by atoms with Gasteiger partial charge in [0.1, 0.15) is 0 Å². The fraction of sp³-hybridized carbons (Fsp3) is 0.